The molecule has 3 nitrogen and oxygen atoms in total. The SMILES string of the molecule is NC1CC2CN(CC3CCCCO3)C[C@@H]2C1. The Balaban J connectivity index is 1.47. The standard InChI is InChI=1S/C13H24N2O/c14-12-5-10-7-15(8-11(10)6-12)9-13-3-1-2-4-16-13/h10-13H,1-9,14H2/t10-,11?,12?,13?/m0/s1. The Bertz CT molecular complexity index is 226. The molecule has 3 heteroatoms. The molecular formula is C13H24N2O. The molecule has 3 aliphatic rings. The van der Waals surface area contributed by atoms with Gasteiger partial charge in [-0.1, -0.05) is 0 Å². The Morgan fingerprint density at radius 3 is 2.50 bits per heavy atom. The maximum atomic E-state index is 6.01. The molecule has 0 radical (unpaired) electrons. The summed E-state index contributed by atoms with van der Waals surface area (Å²) in [5, 5.41) is 0. The lowest BCUT2D eigenvalue weighted by Gasteiger charge is -2.27. The summed E-state index contributed by atoms with van der Waals surface area (Å²) in [6.07, 6.45) is 6.92. The molecule has 0 aromatic carbocycles. The van der Waals surface area contributed by atoms with Gasteiger partial charge in [0.2, 0.25) is 0 Å². The van der Waals surface area contributed by atoms with Gasteiger partial charge in [0.25, 0.3) is 0 Å². The number of hydrogen-bond donors (Lipinski definition) is 1. The summed E-state index contributed by atoms with van der Waals surface area (Å²) in [7, 11) is 0. The van der Waals surface area contributed by atoms with Crippen LogP contribution in [0, 0.1) is 11.8 Å². The van der Waals surface area contributed by atoms with Crippen LogP contribution in [-0.2, 0) is 4.74 Å². The highest BCUT2D eigenvalue weighted by Crippen LogP contribution is 2.37. The highest BCUT2D eigenvalue weighted by atomic mass is 16.5. The van der Waals surface area contributed by atoms with E-state index in [1.807, 2.05) is 0 Å². The number of nitrogens with two attached hydrogens (primary N) is 1. The fourth-order valence-electron chi connectivity index (χ4n) is 3.83. The molecule has 1 saturated carbocycles. The van der Waals surface area contributed by atoms with E-state index in [2.05, 4.69) is 4.90 Å². The Hall–Kier alpha value is -0.120. The summed E-state index contributed by atoms with van der Waals surface area (Å²) in [6, 6.07) is 0.489. The second-order valence-corrected chi connectivity index (χ2v) is 5.96. The van der Waals surface area contributed by atoms with Gasteiger partial charge in [-0.2, -0.15) is 0 Å². The van der Waals surface area contributed by atoms with Crippen LogP contribution in [0.1, 0.15) is 32.1 Å². The normalized spacial score (nSPS) is 44.8. The van der Waals surface area contributed by atoms with Gasteiger partial charge >= 0.3 is 0 Å². The van der Waals surface area contributed by atoms with E-state index < -0.39 is 0 Å². The van der Waals surface area contributed by atoms with Crippen LogP contribution in [0.4, 0.5) is 0 Å². The van der Waals surface area contributed by atoms with Crippen molar-refractivity contribution >= 4 is 0 Å². The van der Waals surface area contributed by atoms with Crippen molar-refractivity contribution in [1.82, 2.24) is 4.90 Å². The number of likely N-dealkylation sites (tertiary alicyclic amines) is 1. The minimum Gasteiger partial charge on any atom is -0.377 e. The molecule has 3 fully saturated rings. The molecule has 16 heavy (non-hydrogen) atoms. The second-order valence-electron chi connectivity index (χ2n) is 5.96. The van der Waals surface area contributed by atoms with Crippen LogP contribution in [0.3, 0.4) is 0 Å². The molecule has 2 aliphatic heterocycles. The molecular weight excluding hydrogens is 200 g/mol. The van der Waals surface area contributed by atoms with Crippen LogP contribution in [0.15, 0.2) is 0 Å². The van der Waals surface area contributed by atoms with Crippen molar-refractivity contribution in [2.24, 2.45) is 17.6 Å². The smallest absolute Gasteiger partial charge is 0.0702 e. The Labute approximate surface area is 98.3 Å². The van der Waals surface area contributed by atoms with Crippen molar-refractivity contribution in [2.75, 3.05) is 26.2 Å². The van der Waals surface area contributed by atoms with E-state index >= 15 is 0 Å². The van der Waals surface area contributed by atoms with Gasteiger partial charge in [0.15, 0.2) is 0 Å². The van der Waals surface area contributed by atoms with Gasteiger partial charge < -0.3 is 15.4 Å². The highest BCUT2D eigenvalue weighted by Gasteiger charge is 2.39. The van der Waals surface area contributed by atoms with Gasteiger partial charge in [-0.25, -0.2) is 0 Å². The first-order valence-electron chi connectivity index (χ1n) is 6.91. The van der Waals surface area contributed by atoms with Gasteiger partial charge in [0, 0.05) is 32.3 Å². The lowest BCUT2D eigenvalue weighted by atomic mass is 10.0. The first-order valence-corrected chi connectivity index (χ1v) is 6.91. The maximum Gasteiger partial charge on any atom is 0.0702 e. The summed E-state index contributed by atoms with van der Waals surface area (Å²) in [4.78, 5) is 2.62. The summed E-state index contributed by atoms with van der Waals surface area (Å²) >= 11 is 0. The van der Waals surface area contributed by atoms with E-state index in [4.69, 9.17) is 10.5 Å². The third-order valence-corrected chi connectivity index (χ3v) is 4.60. The van der Waals surface area contributed by atoms with E-state index in [1.165, 1.54) is 51.7 Å². The Kier molecular flexibility index (Phi) is 3.18. The third kappa shape index (κ3) is 2.27. The van der Waals surface area contributed by atoms with Crippen LogP contribution in [0.5, 0.6) is 0 Å². The largest absolute Gasteiger partial charge is 0.377 e. The molecule has 4 atom stereocenters. The lowest BCUT2D eigenvalue weighted by molar-refractivity contribution is -0.00305. The molecule has 0 bridgehead atoms. The van der Waals surface area contributed by atoms with E-state index in [-0.39, 0.29) is 0 Å². The molecule has 2 heterocycles. The van der Waals surface area contributed by atoms with Gasteiger partial charge in [-0.15, -0.1) is 0 Å². The van der Waals surface area contributed by atoms with E-state index in [0.29, 0.717) is 12.1 Å². The van der Waals surface area contributed by atoms with E-state index in [0.717, 1.165) is 18.4 Å². The first kappa shape index (κ1) is 11.0. The van der Waals surface area contributed by atoms with Crippen LogP contribution in [-0.4, -0.2) is 43.3 Å². The summed E-state index contributed by atoms with van der Waals surface area (Å²) in [6.45, 7) is 4.70. The zero-order chi connectivity index (χ0) is 11.0. The second kappa shape index (κ2) is 4.63. The van der Waals surface area contributed by atoms with Crippen LogP contribution >= 0.6 is 0 Å². The monoisotopic (exact) mass is 224 g/mol. The summed E-state index contributed by atoms with van der Waals surface area (Å²) in [5.74, 6) is 1.78. The van der Waals surface area contributed by atoms with Crippen LogP contribution in [0.2, 0.25) is 0 Å². The molecule has 1 aliphatic carbocycles. The molecule has 3 unspecified atom stereocenters. The van der Waals surface area contributed by atoms with Crippen molar-refractivity contribution in [3.8, 4) is 0 Å². The third-order valence-electron chi connectivity index (χ3n) is 4.60. The lowest BCUT2D eigenvalue weighted by Crippen LogP contribution is -2.35. The maximum absolute atomic E-state index is 6.01. The molecule has 2 N–H and O–H groups in total. The van der Waals surface area contributed by atoms with Crippen molar-refractivity contribution in [3.63, 3.8) is 0 Å². The van der Waals surface area contributed by atoms with Crippen molar-refractivity contribution in [1.29, 1.82) is 0 Å². The Morgan fingerprint density at radius 2 is 1.88 bits per heavy atom. The van der Waals surface area contributed by atoms with Gasteiger partial charge in [0.05, 0.1) is 6.10 Å². The summed E-state index contributed by atoms with van der Waals surface area (Å²) in [5.41, 5.74) is 6.01. The average Bonchev–Trinajstić information content (AvgIpc) is 2.76. The first-order chi connectivity index (χ1) is 7.81. The molecule has 0 aromatic heterocycles. The zero-order valence-corrected chi connectivity index (χ0v) is 10.1. The fraction of sp³-hybridized carbons (Fsp3) is 1.00. The number of hydrogen-bond acceptors (Lipinski definition) is 3. The quantitative estimate of drug-likeness (QED) is 0.766. The number of nitrogens with zero attached hydrogens (tertiary/aromatic N) is 1. The molecule has 0 aromatic rings. The van der Waals surface area contributed by atoms with E-state index in [1.54, 1.807) is 0 Å². The molecule has 2 saturated heterocycles. The topological polar surface area (TPSA) is 38.5 Å². The Morgan fingerprint density at radius 1 is 1.12 bits per heavy atom. The predicted molar refractivity (Wildman–Crippen MR) is 64.2 cm³/mol. The fourth-order valence-corrected chi connectivity index (χ4v) is 3.83. The summed E-state index contributed by atoms with van der Waals surface area (Å²) < 4.78 is 5.82. The van der Waals surface area contributed by atoms with Gasteiger partial charge in [0.1, 0.15) is 0 Å². The predicted octanol–water partition coefficient (Wildman–Crippen LogP) is 1.22. The van der Waals surface area contributed by atoms with E-state index in [9.17, 15) is 0 Å². The van der Waals surface area contributed by atoms with Crippen molar-refractivity contribution in [2.45, 2.75) is 44.2 Å². The van der Waals surface area contributed by atoms with Gasteiger partial charge in [-0.3, -0.25) is 0 Å². The molecule has 0 amide bonds. The number of ether oxygens (including phenoxy) is 1. The van der Waals surface area contributed by atoms with Crippen molar-refractivity contribution < 1.29 is 4.74 Å². The molecule has 92 valence electrons. The van der Waals surface area contributed by atoms with Gasteiger partial charge in [-0.05, 0) is 43.9 Å². The number of rotatable bonds is 2. The number of fused-ring (bicyclic) bond motifs is 1. The minimum atomic E-state index is 0.489. The zero-order valence-electron chi connectivity index (χ0n) is 10.1. The average molecular weight is 224 g/mol. The van der Waals surface area contributed by atoms with Crippen molar-refractivity contribution in [3.05, 3.63) is 0 Å². The van der Waals surface area contributed by atoms with Crippen LogP contribution in [0.25, 0.3) is 0 Å². The minimum absolute atomic E-state index is 0.489. The highest BCUT2D eigenvalue weighted by molar-refractivity contribution is 4.94. The molecule has 0 spiro atoms. The van der Waals surface area contributed by atoms with Crippen LogP contribution < -0.4 is 5.73 Å². The molecule has 3 rings (SSSR count).